The van der Waals surface area contributed by atoms with Gasteiger partial charge < -0.3 is 9.47 Å². The van der Waals surface area contributed by atoms with Crippen molar-refractivity contribution in [1.29, 1.82) is 0 Å². The fraction of sp³-hybridized carbons (Fsp3) is 0.600. The molecule has 0 bridgehead atoms. The number of methoxy groups -OCH3 is 1. The van der Waals surface area contributed by atoms with Gasteiger partial charge in [0.2, 0.25) is 0 Å². The van der Waals surface area contributed by atoms with Crippen molar-refractivity contribution in [1.82, 2.24) is 4.98 Å². The lowest BCUT2D eigenvalue weighted by Gasteiger charge is -2.10. The first-order valence-corrected chi connectivity index (χ1v) is 5.70. The van der Waals surface area contributed by atoms with Gasteiger partial charge in [-0.25, -0.2) is 9.78 Å². The van der Waals surface area contributed by atoms with Crippen LogP contribution in [0.3, 0.4) is 0 Å². The van der Waals surface area contributed by atoms with E-state index in [2.05, 4.69) is 9.72 Å². The van der Waals surface area contributed by atoms with Crippen molar-refractivity contribution in [3.05, 3.63) is 16.1 Å². The molecule has 0 saturated carbocycles. The third kappa shape index (κ3) is 3.00. The molecule has 1 aromatic heterocycles. The monoisotopic (exact) mass is 229 g/mol. The van der Waals surface area contributed by atoms with E-state index < -0.39 is 0 Å². The summed E-state index contributed by atoms with van der Waals surface area (Å²) in [4.78, 5) is 15.9. The van der Waals surface area contributed by atoms with Crippen molar-refractivity contribution in [2.24, 2.45) is 0 Å². The molecule has 5 heteroatoms. The van der Waals surface area contributed by atoms with E-state index in [9.17, 15) is 4.79 Å². The van der Waals surface area contributed by atoms with E-state index in [1.54, 1.807) is 0 Å². The van der Waals surface area contributed by atoms with Gasteiger partial charge in [0.1, 0.15) is 16.0 Å². The Morgan fingerprint density at radius 3 is 2.87 bits per heavy atom. The lowest BCUT2D eigenvalue weighted by molar-refractivity contribution is 0.0596. The summed E-state index contributed by atoms with van der Waals surface area (Å²) >= 11 is 1.33. The Balaban J connectivity index is 2.77. The van der Waals surface area contributed by atoms with Crippen LogP contribution in [-0.2, 0) is 9.47 Å². The maximum atomic E-state index is 11.2. The second-order valence-electron chi connectivity index (χ2n) is 2.91. The van der Waals surface area contributed by atoms with Crippen molar-refractivity contribution in [3.8, 4) is 0 Å². The summed E-state index contributed by atoms with van der Waals surface area (Å²) < 4.78 is 10.1. The van der Waals surface area contributed by atoms with E-state index >= 15 is 0 Å². The minimum atomic E-state index is -0.342. The molecule has 0 spiro atoms. The van der Waals surface area contributed by atoms with Crippen LogP contribution in [0.2, 0.25) is 0 Å². The molecule has 0 aromatic carbocycles. The Bertz CT molecular complexity index is 324. The number of nitrogens with zero attached hydrogens (tertiary/aromatic N) is 1. The lowest BCUT2D eigenvalue weighted by atomic mass is 10.3. The molecule has 1 atom stereocenters. The first-order chi connectivity index (χ1) is 7.22. The minimum Gasteiger partial charge on any atom is -0.465 e. The summed E-state index contributed by atoms with van der Waals surface area (Å²) in [5, 5.41) is 0.833. The van der Waals surface area contributed by atoms with Crippen molar-refractivity contribution in [3.63, 3.8) is 0 Å². The molecular formula is C10H15NO3S. The van der Waals surface area contributed by atoms with Crippen molar-refractivity contribution >= 4 is 17.3 Å². The predicted octanol–water partition coefficient (Wildman–Crippen LogP) is 2.42. The van der Waals surface area contributed by atoms with Crippen LogP contribution in [-0.4, -0.2) is 24.7 Å². The lowest BCUT2D eigenvalue weighted by Crippen LogP contribution is -2.01. The number of esters is 1. The first kappa shape index (κ1) is 12.1. The molecule has 1 rings (SSSR count). The zero-order chi connectivity index (χ0) is 11.3. The highest BCUT2D eigenvalue weighted by atomic mass is 32.1. The standard InChI is InChI=1S/C10H15NO3S/c1-4-7(14-5-2)9-11-6-8(15-9)10(12)13-3/h6-7H,4-5H2,1-3H3. The van der Waals surface area contributed by atoms with E-state index in [4.69, 9.17) is 4.74 Å². The predicted molar refractivity (Wildman–Crippen MR) is 58.1 cm³/mol. The average Bonchev–Trinajstić information content (AvgIpc) is 2.73. The van der Waals surface area contributed by atoms with E-state index in [0.29, 0.717) is 11.5 Å². The van der Waals surface area contributed by atoms with Gasteiger partial charge in [-0.1, -0.05) is 6.92 Å². The van der Waals surface area contributed by atoms with Crippen molar-refractivity contribution < 1.29 is 14.3 Å². The zero-order valence-corrected chi connectivity index (χ0v) is 9.97. The molecule has 15 heavy (non-hydrogen) atoms. The fourth-order valence-electron chi connectivity index (χ4n) is 1.20. The van der Waals surface area contributed by atoms with Crippen LogP contribution in [0.4, 0.5) is 0 Å². The second kappa shape index (κ2) is 5.82. The van der Waals surface area contributed by atoms with E-state index in [1.807, 2.05) is 13.8 Å². The molecule has 1 heterocycles. The zero-order valence-electron chi connectivity index (χ0n) is 9.15. The summed E-state index contributed by atoms with van der Waals surface area (Å²) in [6, 6.07) is 0. The van der Waals surface area contributed by atoms with Crippen molar-refractivity contribution in [2.75, 3.05) is 13.7 Å². The van der Waals surface area contributed by atoms with Crippen LogP contribution in [0, 0.1) is 0 Å². The molecule has 1 unspecified atom stereocenters. The van der Waals surface area contributed by atoms with Crippen LogP contribution in [0.25, 0.3) is 0 Å². The molecule has 84 valence electrons. The highest BCUT2D eigenvalue weighted by molar-refractivity contribution is 7.13. The van der Waals surface area contributed by atoms with Crippen LogP contribution >= 0.6 is 11.3 Å². The minimum absolute atomic E-state index is 0.0154. The van der Waals surface area contributed by atoms with Gasteiger partial charge in [0.25, 0.3) is 0 Å². The van der Waals surface area contributed by atoms with Gasteiger partial charge >= 0.3 is 5.97 Å². The Hall–Kier alpha value is -0.940. The van der Waals surface area contributed by atoms with Gasteiger partial charge in [-0.15, -0.1) is 11.3 Å². The highest BCUT2D eigenvalue weighted by Crippen LogP contribution is 2.25. The number of carbonyl (C=O) groups is 1. The Morgan fingerprint density at radius 1 is 1.60 bits per heavy atom. The van der Waals surface area contributed by atoms with Gasteiger partial charge in [0.15, 0.2) is 0 Å². The number of aromatic nitrogens is 1. The fourth-order valence-corrected chi connectivity index (χ4v) is 2.17. The average molecular weight is 229 g/mol. The first-order valence-electron chi connectivity index (χ1n) is 4.88. The molecular weight excluding hydrogens is 214 g/mol. The summed E-state index contributed by atoms with van der Waals surface area (Å²) in [5.41, 5.74) is 0. The van der Waals surface area contributed by atoms with Crippen molar-refractivity contribution in [2.45, 2.75) is 26.4 Å². The summed E-state index contributed by atoms with van der Waals surface area (Å²) in [7, 11) is 1.36. The largest absolute Gasteiger partial charge is 0.465 e. The molecule has 0 radical (unpaired) electrons. The third-order valence-corrected chi connectivity index (χ3v) is 2.99. The van der Waals surface area contributed by atoms with Gasteiger partial charge in [-0.2, -0.15) is 0 Å². The van der Waals surface area contributed by atoms with Crippen LogP contribution < -0.4 is 0 Å². The Kier molecular flexibility index (Phi) is 4.71. The Morgan fingerprint density at radius 2 is 2.33 bits per heavy atom. The molecule has 0 aliphatic heterocycles. The van der Waals surface area contributed by atoms with Gasteiger partial charge in [0, 0.05) is 6.61 Å². The molecule has 4 nitrogen and oxygen atoms in total. The topological polar surface area (TPSA) is 48.4 Å². The van der Waals surface area contributed by atoms with Gasteiger partial charge in [-0.3, -0.25) is 0 Å². The number of thiazole rings is 1. The van der Waals surface area contributed by atoms with Gasteiger partial charge in [-0.05, 0) is 13.3 Å². The van der Waals surface area contributed by atoms with E-state index in [0.717, 1.165) is 11.4 Å². The number of hydrogen-bond donors (Lipinski definition) is 0. The highest BCUT2D eigenvalue weighted by Gasteiger charge is 2.16. The molecule has 0 aliphatic carbocycles. The van der Waals surface area contributed by atoms with E-state index in [-0.39, 0.29) is 12.1 Å². The molecule has 0 amide bonds. The maximum absolute atomic E-state index is 11.2. The molecule has 0 fully saturated rings. The Labute approximate surface area is 93.2 Å². The molecule has 0 saturated heterocycles. The SMILES string of the molecule is CCOC(CC)c1ncc(C(=O)OC)s1. The van der Waals surface area contributed by atoms with Crippen LogP contribution in [0.5, 0.6) is 0 Å². The summed E-state index contributed by atoms with van der Waals surface area (Å²) in [6.07, 6.45) is 2.37. The van der Waals surface area contributed by atoms with Gasteiger partial charge in [0.05, 0.1) is 13.3 Å². The molecule has 0 N–H and O–H groups in total. The normalized spacial score (nSPS) is 12.5. The maximum Gasteiger partial charge on any atom is 0.349 e. The van der Waals surface area contributed by atoms with E-state index in [1.165, 1.54) is 24.6 Å². The summed E-state index contributed by atoms with van der Waals surface area (Å²) in [6.45, 7) is 4.61. The number of rotatable bonds is 5. The second-order valence-corrected chi connectivity index (χ2v) is 3.97. The smallest absolute Gasteiger partial charge is 0.349 e. The van der Waals surface area contributed by atoms with Crippen LogP contribution in [0.15, 0.2) is 6.20 Å². The number of carbonyl (C=O) groups excluding carboxylic acids is 1. The number of hydrogen-bond acceptors (Lipinski definition) is 5. The quantitative estimate of drug-likeness (QED) is 0.727. The summed E-state index contributed by atoms with van der Waals surface area (Å²) in [5.74, 6) is -0.342. The molecule has 1 aromatic rings. The number of ether oxygens (including phenoxy) is 2. The third-order valence-electron chi connectivity index (χ3n) is 1.92. The van der Waals surface area contributed by atoms with Crippen LogP contribution in [0.1, 0.15) is 41.1 Å². The molecule has 0 aliphatic rings.